The number of pyridine rings is 1. The first-order chi connectivity index (χ1) is 15.5. The monoisotopic (exact) mass is 429 g/mol. The third kappa shape index (κ3) is 3.90. The minimum absolute atomic E-state index is 0.244. The minimum atomic E-state index is -0.445. The van der Waals surface area contributed by atoms with Crippen molar-refractivity contribution >= 4 is 23.7 Å². The number of carbonyl (C=O) groups is 2. The highest BCUT2D eigenvalue weighted by Gasteiger charge is 2.24. The van der Waals surface area contributed by atoms with Crippen LogP contribution in [0, 0.1) is 13.8 Å². The summed E-state index contributed by atoms with van der Waals surface area (Å²) in [5.74, 6) is -0.879. The maximum atomic E-state index is 12.7. The number of hydrogen-bond acceptors (Lipinski definition) is 5. The predicted octanol–water partition coefficient (Wildman–Crippen LogP) is 3.68. The van der Waals surface area contributed by atoms with Crippen molar-refractivity contribution in [2.75, 3.05) is 6.61 Å². The number of aromatic nitrogens is 3. The molecule has 0 spiro atoms. The van der Waals surface area contributed by atoms with E-state index in [-0.39, 0.29) is 12.3 Å². The molecular weight excluding hydrogens is 406 g/mol. The van der Waals surface area contributed by atoms with Crippen molar-refractivity contribution in [1.29, 1.82) is 0 Å². The van der Waals surface area contributed by atoms with Gasteiger partial charge in [0.1, 0.15) is 11.3 Å². The zero-order valence-electron chi connectivity index (χ0n) is 18.1. The summed E-state index contributed by atoms with van der Waals surface area (Å²) in [5, 5.41) is 4.11. The first-order valence-electron chi connectivity index (χ1n) is 10.2. The Labute approximate surface area is 185 Å². The molecule has 0 bridgehead atoms. The second kappa shape index (κ2) is 8.89. The van der Waals surface area contributed by atoms with Crippen LogP contribution in [0.4, 0.5) is 0 Å². The van der Waals surface area contributed by atoms with Gasteiger partial charge in [0, 0.05) is 35.0 Å². The van der Waals surface area contributed by atoms with Crippen molar-refractivity contribution < 1.29 is 14.3 Å². The molecule has 0 saturated carbocycles. The number of fused-ring (bicyclic) bond motifs is 1. The van der Waals surface area contributed by atoms with Crippen LogP contribution in [0.15, 0.2) is 66.0 Å². The Kier molecular flexibility index (Phi) is 5.85. The lowest BCUT2D eigenvalue weighted by Gasteiger charge is -2.09. The highest BCUT2D eigenvalue weighted by atomic mass is 16.5. The number of carbonyl (C=O) groups excluding carboxylic acids is 2. The molecule has 0 radical (unpaired) electrons. The topological polar surface area (TPSA) is 90.0 Å². The number of rotatable bonds is 6. The number of benzene rings is 1. The molecule has 3 aromatic heterocycles. The fourth-order valence-electron chi connectivity index (χ4n) is 3.70. The molecule has 4 aromatic rings. The molecule has 1 amide bonds. The Morgan fingerprint density at radius 1 is 1.09 bits per heavy atom. The maximum absolute atomic E-state index is 12.7. The predicted molar refractivity (Wildman–Crippen MR) is 121 cm³/mol. The lowest BCUT2D eigenvalue weighted by Crippen LogP contribution is -2.18. The van der Waals surface area contributed by atoms with Gasteiger partial charge in [-0.15, -0.1) is 0 Å². The minimum Gasteiger partial charge on any atom is -0.462 e. The summed E-state index contributed by atoms with van der Waals surface area (Å²) in [6.07, 6.45) is 4.92. The summed E-state index contributed by atoms with van der Waals surface area (Å²) in [5.41, 5.74) is 6.87. The van der Waals surface area contributed by atoms with Gasteiger partial charge >= 0.3 is 5.97 Å². The van der Waals surface area contributed by atoms with Gasteiger partial charge in [0.15, 0.2) is 0 Å². The largest absolute Gasteiger partial charge is 0.462 e. The Morgan fingerprint density at radius 3 is 2.56 bits per heavy atom. The molecule has 0 saturated heterocycles. The van der Waals surface area contributed by atoms with E-state index in [2.05, 4.69) is 15.5 Å². The fraction of sp³-hybridized carbons (Fsp3) is 0.167. The Balaban J connectivity index is 1.66. The number of esters is 1. The molecular formula is C24H23N5O3. The molecule has 1 aromatic carbocycles. The van der Waals surface area contributed by atoms with Crippen LogP contribution >= 0.6 is 0 Å². The molecule has 32 heavy (non-hydrogen) atoms. The number of hydrazone groups is 1. The summed E-state index contributed by atoms with van der Waals surface area (Å²) >= 11 is 0. The molecule has 1 N–H and O–H groups in total. The average molecular weight is 429 g/mol. The molecule has 0 aliphatic heterocycles. The van der Waals surface area contributed by atoms with E-state index >= 15 is 0 Å². The molecule has 0 unspecified atom stereocenters. The SMILES string of the molecule is CCOC(=O)c1c(/C=N\NC(=O)c2cn3ccccc3n2)c(C)n(-c2ccccc2)c1C. The van der Waals surface area contributed by atoms with Gasteiger partial charge in [-0.3, -0.25) is 4.79 Å². The van der Waals surface area contributed by atoms with Gasteiger partial charge in [0.25, 0.3) is 5.91 Å². The smallest absolute Gasteiger partial charge is 0.340 e. The first kappa shape index (κ1) is 21.0. The summed E-state index contributed by atoms with van der Waals surface area (Å²) in [4.78, 5) is 29.5. The van der Waals surface area contributed by atoms with Crippen molar-refractivity contribution in [2.24, 2.45) is 5.10 Å². The Hall–Kier alpha value is -4.20. The van der Waals surface area contributed by atoms with Crippen molar-refractivity contribution in [3.8, 4) is 5.69 Å². The second-order valence-corrected chi connectivity index (χ2v) is 7.14. The van der Waals surface area contributed by atoms with E-state index in [0.29, 0.717) is 16.8 Å². The van der Waals surface area contributed by atoms with Gasteiger partial charge in [-0.1, -0.05) is 24.3 Å². The number of imidazole rings is 1. The van der Waals surface area contributed by atoms with Gasteiger partial charge in [-0.2, -0.15) is 5.10 Å². The highest BCUT2D eigenvalue weighted by Crippen LogP contribution is 2.26. The lowest BCUT2D eigenvalue weighted by atomic mass is 10.1. The Bertz CT molecular complexity index is 1290. The van der Waals surface area contributed by atoms with Crippen LogP contribution in [0.2, 0.25) is 0 Å². The molecule has 0 fully saturated rings. The molecule has 0 atom stereocenters. The third-order valence-corrected chi connectivity index (χ3v) is 5.14. The van der Waals surface area contributed by atoms with E-state index < -0.39 is 11.9 Å². The standard InChI is InChI=1S/C24H23N5O3/c1-4-32-24(31)22-17(3)29(18-10-6-5-7-11-18)16(2)19(22)14-25-27-23(30)20-15-28-13-9-8-12-21(28)26-20/h5-15H,4H2,1-3H3,(H,27,30)/b25-14-. The third-order valence-electron chi connectivity index (χ3n) is 5.14. The van der Waals surface area contributed by atoms with E-state index in [9.17, 15) is 9.59 Å². The van der Waals surface area contributed by atoms with Crippen molar-refractivity contribution in [2.45, 2.75) is 20.8 Å². The lowest BCUT2D eigenvalue weighted by molar-refractivity contribution is 0.0525. The van der Waals surface area contributed by atoms with Crippen LogP contribution in [0.1, 0.15) is 44.7 Å². The highest BCUT2D eigenvalue weighted by molar-refractivity contribution is 6.02. The van der Waals surface area contributed by atoms with Gasteiger partial charge in [0.2, 0.25) is 0 Å². The second-order valence-electron chi connectivity index (χ2n) is 7.14. The van der Waals surface area contributed by atoms with Crippen LogP contribution in [-0.2, 0) is 4.74 Å². The van der Waals surface area contributed by atoms with Crippen LogP contribution in [0.3, 0.4) is 0 Å². The zero-order valence-corrected chi connectivity index (χ0v) is 18.1. The quantitative estimate of drug-likeness (QED) is 0.288. The number of nitrogens with one attached hydrogen (secondary N) is 1. The number of hydrogen-bond donors (Lipinski definition) is 1. The van der Waals surface area contributed by atoms with Gasteiger partial charge < -0.3 is 13.7 Å². The number of amides is 1. The molecule has 3 heterocycles. The van der Waals surface area contributed by atoms with E-state index in [1.807, 2.05) is 73.1 Å². The summed E-state index contributed by atoms with van der Waals surface area (Å²) < 4.78 is 8.99. The normalized spacial score (nSPS) is 11.2. The van der Waals surface area contributed by atoms with E-state index in [1.165, 1.54) is 6.21 Å². The van der Waals surface area contributed by atoms with Gasteiger partial charge in [0.05, 0.1) is 18.4 Å². The first-order valence-corrected chi connectivity index (χ1v) is 10.2. The van der Waals surface area contributed by atoms with Crippen LogP contribution in [-0.4, -0.2) is 38.6 Å². The van der Waals surface area contributed by atoms with Crippen molar-refractivity contribution in [3.05, 3.63) is 89.1 Å². The molecule has 8 heteroatoms. The number of para-hydroxylation sites is 1. The average Bonchev–Trinajstić information content (AvgIpc) is 3.33. The van der Waals surface area contributed by atoms with Gasteiger partial charge in [-0.25, -0.2) is 15.2 Å². The van der Waals surface area contributed by atoms with E-state index in [0.717, 1.165) is 17.1 Å². The van der Waals surface area contributed by atoms with E-state index in [4.69, 9.17) is 4.74 Å². The van der Waals surface area contributed by atoms with Crippen LogP contribution < -0.4 is 5.43 Å². The fourth-order valence-corrected chi connectivity index (χ4v) is 3.70. The molecule has 162 valence electrons. The number of ether oxygens (including phenoxy) is 1. The summed E-state index contributed by atoms with van der Waals surface area (Å²) in [7, 11) is 0. The summed E-state index contributed by atoms with van der Waals surface area (Å²) in [6.45, 7) is 5.78. The summed E-state index contributed by atoms with van der Waals surface area (Å²) in [6, 6.07) is 15.2. The zero-order chi connectivity index (χ0) is 22.7. The van der Waals surface area contributed by atoms with Crippen molar-refractivity contribution in [1.82, 2.24) is 19.4 Å². The van der Waals surface area contributed by atoms with E-state index in [1.54, 1.807) is 17.5 Å². The molecule has 8 nitrogen and oxygen atoms in total. The maximum Gasteiger partial charge on any atom is 0.340 e. The van der Waals surface area contributed by atoms with Crippen LogP contribution in [0.25, 0.3) is 11.3 Å². The van der Waals surface area contributed by atoms with Gasteiger partial charge in [-0.05, 0) is 45.0 Å². The van der Waals surface area contributed by atoms with Crippen LogP contribution in [0.5, 0.6) is 0 Å². The Morgan fingerprint density at radius 2 is 1.84 bits per heavy atom. The van der Waals surface area contributed by atoms with Crippen molar-refractivity contribution in [3.63, 3.8) is 0 Å². The molecule has 0 aliphatic rings. The molecule has 0 aliphatic carbocycles. The molecule has 4 rings (SSSR count). The number of nitrogens with zero attached hydrogens (tertiary/aromatic N) is 4.